The van der Waals surface area contributed by atoms with Gasteiger partial charge in [-0.05, 0) is 50.5 Å². The molecule has 0 radical (unpaired) electrons. The van der Waals surface area contributed by atoms with E-state index in [1.807, 2.05) is 48.9 Å². The molecule has 2 aromatic carbocycles. The minimum Gasteiger partial charge on any atom is -0.453 e. The van der Waals surface area contributed by atoms with Crippen LogP contribution in [0.3, 0.4) is 0 Å². The molecule has 5 nitrogen and oxygen atoms in total. The van der Waals surface area contributed by atoms with Crippen molar-refractivity contribution >= 4 is 17.9 Å². The van der Waals surface area contributed by atoms with E-state index in [0.717, 1.165) is 23.6 Å². The number of carbonyl (C=O) groups is 1. The van der Waals surface area contributed by atoms with Crippen LogP contribution in [0.25, 0.3) is 11.3 Å². The smallest absolute Gasteiger partial charge is 0.185 e. The molecule has 0 unspecified atom stereocenters. The molecule has 3 rings (SSSR count). The Labute approximate surface area is 162 Å². The summed E-state index contributed by atoms with van der Waals surface area (Å²) in [7, 11) is 5.94. The molecule has 0 aliphatic carbocycles. The fraction of sp³-hybridized carbons (Fsp3) is 0.200. The lowest BCUT2D eigenvalue weighted by atomic mass is 10.1. The van der Waals surface area contributed by atoms with Crippen molar-refractivity contribution in [1.29, 1.82) is 0 Å². The minimum atomic E-state index is -0.759. The lowest BCUT2D eigenvalue weighted by Crippen LogP contribution is -2.14. The van der Waals surface area contributed by atoms with Crippen LogP contribution in [0.1, 0.15) is 16.2 Å². The van der Waals surface area contributed by atoms with Gasteiger partial charge in [0, 0.05) is 12.6 Å². The van der Waals surface area contributed by atoms with E-state index in [9.17, 15) is 9.18 Å². The van der Waals surface area contributed by atoms with E-state index in [0.29, 0.717) is 12.0 Å². The third-order valence-corrected chi connectivity index (χ3v) is 4.41. The van der Waals surface area contributed by atoms with Crippen LogP contribution in [-0.4, -0.2) is 34.8 Å². The van der Waals surface area contributed by atoms with Gasteiger partial charge in [0.1, 0.15) is 11.6 Å². The SMILES string of the molecule is CN(C)Cc1ncc(-c2ccc(Oc3c(C=O)ccc(Cl)c3F)cc2)n1C. The van der Waals surface area contributed by atoms with Crippen LogP contribution in [-0.2, 0) is 13.6 Å². The second-order valence-electron chi connectivity index (χ2n) is 6.38. The van der Waals surface area contributed by atoms with E-state index < -0.39 is 5.82 Å². The van der Waals surface area contributed by atoms with Crippen LogP contribution in [0.4, 0.5) is 4.39 Å². The number of benzene rings is 2. The maximum atomic E-state index is 14.2. The molecule has 0 N–H and O–H groups in total. The van der Waals surface area contributed by atoms with Crippen LogP contribution in [0.2, 0.25) is 5.02 Å². The topological polar surface area (TPSA) is 47.4 Å². The van der Waals surface area contributed by atoms with Crippen molar-refractivity contribution in [2.24, 2.45) is 7.05 Å². The highest BCUT2D eigenvalue weighted by Crippen LogP contribution is 2.33. The Bertz CT molecular complexity index is 968. The Kier molecular flexibility index (Phi) is 5.58. The fourth-order valence-electron chi connectivity index (χ4n) is 2.70. The number of nitrogens with zero attached hydrogens (tertiary/aromatic N) is 3. The Balaban J connectivity index is 1.86. The molecule has 0 bridgehead atoms. The average molecular weight is 388 g/mol. The molecule has 0 aliphatic heterocycles. The first-order valence-corrected chi connectivity index (χ1v) is 8.65. The van der Waals surface area contributed by atoms with E-state index in [-0.39, 0.29) is 16.3 Å². The lowest BCUT2D eigenvalue weighted by Gasteiger charge is -2.12. The highest BCUT2D eigenvalue weighted by Gasteiger charge is 2.15. The molecule has 0 amide bonds. The number of halogens is 2. The van der Waals surface area contributed by atoms with E-state index >= 15 is 0 Å². The van der Waals surface area contributed by atoms with Crippen molar-refractivity contribution in [3.05, 3.63) is 64.8 Å². The number of ether oxygens (including phenoxy) is 1. The van der Waals surface area contributed by atoms with Gasteiger partial charge in [0.15, 0.2) is 17.9 Å². The molecule has 3 aromatic rings. The molecule has 0 saturated carbocycles. The third kappa shape index (κ3) is 4.02. The van der Waals surface area contributed by atoms with Crippen molar-refractivity contribution in [3.8, 4) is 22.8 Å². The van der Waals surface area contributed by atoms with E-state index in [4.69, 9.17) is 16.3 Å². The van der Waals surface area contributed by atoms with Crippen LogP contribution >= 0.6 is 11.6 Å². The van der Waals surface area contributed by atoms with Crippen LogP contribution in [0.5, 0.6) is 11.5 Å². The molecule has 0 fully saturated rings. The summed E-state index contributed by atoms with van der Waals surface area (Å²) in [4.78, 5) is 17.6. The normalized spacial score (nSPS) is 11.0. The van der Waals surface area contributed by atoms with Crippen molar-refractivity contribution < 1.29 is 13.9 Å². The molecule has 0 atom stereocenters. The molecule has 1 aromatic heterocycles. The number of hydrogen-bond acceptors (Lipinski definition) is 4. The van der Waals surface area contributed by atoms with Gasteiger partial charge in [-0.3, -0.25) is 4.79 Å². The van der Waals surface area contributed by atoms with Gasteiger partial charge >= 0.3 is 0 Å². The van der Waals surface area contributed by atoms with Crippen molar-refractivity contribution in [2.75, 3.05) is 14.1 Å². The average Bonchev–Trinajstić information content (AvgIpc) is 3.00. The summed E-state index contributed by atoms with van der Waals surface area (Å²) in [5.41, 5.74) is 2.01. The van der Waals surface area contributed by atoms with Gasteiger partial charge < -0.3 is 14.2 Å². The third-order valence-electron chi connectivity index (χ3n) is 4.12. The summed E-state index contributed by atoms with van der Waals surface area (Å²) in [5.74, 6) is 0.412. The lowest BCUT2D eigenvalue weighted by molar-refractivity contribution is 0.112. The highest BCUT2D eigenvalue weighted by molar-refractivity contribution is 6.31. The molecule has 0 spiro atoms. The fourth-order valence-corrected chi connectivity index (χ4v) is 2.85. The van der Waals surface area contributed by atoms with Crippen LogP contribution < -0.4 is 4.74 Å². The van der Waals surface area contributed by atoms with Crippen molar-refractivity contribution in [1.82, 2.24) is 14.5 Å². The Hall–Kier alpha value is -2.70. The summed E-state index contributed by atoms with van der Waals surface area (Å²) < 4.78 is 21.8. The first-order valence-electron chi connectivity index (χ1n) is 8.27. The molecule has 7 heteroatoms. The largest absolute Gasteiger partial charge is 0.453 e. The van der Waals surface area contributed by atoms with Crippen LogP contribution in [0, 0.1) is 5.82 Å². The van der Waals surface area contributed by atoms with Gasteiger partial charge in [-0.1, -0.05) is 11.6 Å². The van der Waals surface area contributed by atoms with Crippen LogP contribution in [0.15, 0.2) is 42.6 Å². The second-order valence-corrected chi connectivity index (χ2v) is 6.79. The predicted molar refractivity (Wildman–Crippen MR) is 103 cm³/mol. The minimum absolute atomic E-state index is 0.0981. The standard InChI is InChI=1S/C20H19ClFN3O2/c1-24(2)11-18-23-10-17(25(18)3)13-4-7-15(8-5-13)27-20-14(12-26)6-9-16(21)19(20)22/h4-10,12H,11H2,1-3H3. The number of carbonyl (C=O) groups excluding carboxylic acids is 1. The summed E-state index contributed by atoms with van der Waals surface area (Å²) in [6.07, 6.45) is 2.35. The van der Waals surface area contributed by atoms with Gasteiger partial charge in [-0.25, -0.2) is 9.37 Å². The molecular weight excluding hydrogens is 369 g/mol. The van der Waals surface area contributed by atoms with Crippen molar-refractivity contribution in [3.63, 3.8) is 0 Å². The summed E-state index contributed by atoms with van der Waals surface area (Å²) in [6, 6.07) is 9.88. The van der Waals surface area contributed by atoms with E-state index in [1.54, 1.807) is 12.1 Å². The second kappa shape index (κ2) is 7.90. The molecule has 0 saturated heterocycles. The van der Waals surface area contributed by atoms with Gasteiger partial charge in [0.25, 0.3) is 0 Å². The molecule has 1 heterocycles. The summed E-state index contributed by atoms with van der Waals surface area (Å²) >= 11 is 5.79. The maximum Gasteiger partial charge on any atom is 0.185 e. The van der Waals surface area contributed by atoms with Gasteiger partial charge in [-0.2, -0.15) is 0 Å². The van der Waals surface area contributed by atoms with Crippen molar-refractivity contribution in [2.45, 2.75) is 6.54 Å². The maximum absolute atomic E-state index is 14.2. The summed E-state index contributed by atoms with van der Waals surface area (Å²) in [6.45, 7) is 0.736. The zero-order valence-corrected chi connectivity index (χ0v) is 16.0. The highest BCUT2D eigenvalue weighted by atomic mass is 35.5. The zero-order valence-electron chi connectivity index (χ0n) is 15.2. The Morgan fingerprint density at radius 3 is 2.56 bits per heavy atom. The summed E-state index contributed by atoms with van der Waals surface area (Å²) in [5, 5.41) is -0.101. The predicted octanol–water partition coefficient (Wildman–Crippen LogP) is 4.55. The molecule has 0 aliphatic rings. The van der Waals surface area contributed by atoms with E-state index in [2.05, 4.69) is 4.98 Å². The number of aldehydes is 1. The molecule has 27 heavy (non-hydrogen) atoms. The quantitative estimate of drug-likeness (QED) is 0.582. The van der Waals surface area contributed by atoms with E-state index in [1.165, 1.54) is 12.1 Å². The van der Waals surface area contributed by atoms with Gasteiger partial charge in [0.05, 0.1) is 29.0 Å². The zero-order chi connectivity index (χ0) is 19.6. The monoisotopic (exact) mass is 387 g/mol. The first kappa shape index (κ1) is 19.1. The number of rotatable bonds is 6. The Morgan fingerprint density at radius 1 is 1.22 bits per heavy atom. The number of aromatic nitrogens is 2. The number of imidazole rings is 1. The van der Waals surface area contributed by atoms with Gasteiger partial charge in [0.2, 0.25) is 0 Å². The first-order chi connectivity index (χ1) is 12.9. The molecule has 140 valence electrons. The number of hydrogen-bond donors (Lipinski definition) is 0. The Morgan fingerprint density at radius 2 is 1.93 bits per heavy atom. The molecular formula is C20H19ClFN3O2. The van der Waals surface area contributed by atoms with Gasteiger partial charge in [-0.15, -0.1) is 0 Å².